The first-order valence-corrected chi connectivity index (χ1v) is 7.75. The molecule has 2 rings (SSSR count). The Hall–Kier alpha value is -1.89. The fourth-order valence-electron chi connectivity index (χ4n) is 2.09. The molecule has 1 heterocycles. The third-order valence-electron chi connectivity index (χ3n) is 3.25. The molecule has 0 aromatic heterocycles. The van der Waals surface area contributed by atoms with E-state index >= 15 is 0 Å². The van der Waals surface area contributed by atoms with Gasteiger partial charge in [0, 0.05) is 12.3 Å². The molecule has 0 bridgehead atoms. The number of nitrogens with zero attached hydrogens (tertiary/aromatic N) is 1. The molecule has 1 aromatic carbocycles. The average Bonchev–Trinajstić information content (AvgIpc) is 2.97. The predicted molar refractivity (Wildman–Crippen MR) is 80.7 cm³/mol. The van der Waals surface area contributed by atoms with E-state index in [0.717, 1.165) is 11.3 Å². The highest BCUT2D eigenvalue weighted by molar-refractivity contribution is 7.99. The summed E-state index contributed by atoms with van der Waals surface area (Å²) < 4.78 is 5.14. The van der Waals surface area contributed by atoms with Crippen molar-refractivity contribution in [3.8, 4) is 5.75 Å². The monoisotopic (exact) mass is 310 g/mol. The second-order valence-electron chi connectivity index (χ2n) is 4.66. The molecule has 0 saturated carbocycles. The Morgan fingerprint density at radius 3 is 3.05 bits per heavy atom. The standard InChI is InChI=1S/C14H18N2O4S/c1-20-11-4-2-3-10(7-11)5-6-15-14(19)16-9-21-8-12(16)13(17)18/h2-4,7,12H,5-6,8-9H2,1H3,(H,15,19)(H,17,18)/t12-/m0/s1. The summed E-state index contributed by atoms with van der Waals surface area (Å²) in [6.07, 6.45) is 0.668. The molecule has 7 heteroatoms. The van der Waals surface area contributed by atoms with Crippen LogP contribution in [0.1, 0.15) is 5.56 Å². The number of ether oxygens (including phenoxy) is 1. The number of rotatable bonds is 5. The van der Waals surface area contributed by atoms with Gasteiger partial charge in [-0.15, -0.1) is 11.8 Å². The fourth-order valence-corrected chi connectivity index (χ4v) is 3.24. The maximum absolute atomic E-state index is 12.0. The van der Waals surface area contributed by atoms with Crippen molar-refractivity contribution in [2.75, 3.05) is 25.3 Å². The molecular formula is C14H18N2O4S. The van der Waals surface area contributed by atoms with Crippen LogP contribution in [-0.4, -0.2) is 53.3 Å². The number of urea groups is 1. The number of aliphatic carboxylic acids is 1. The number of methoxy groups -OCH3 is 1. The number of nitrogens with one attached hydrogen (secondary N) is 1. The number of thioether (sulfide) groups is 1. The van der Waals surface area contributed by atoms with Gasteiger partial charge in [0.2, 0.25) is 0 Å². The van der Waals surface area contributed by atoms with E-state index in [9.17, 15) is 9.59 Å². The van der Waals surface area contributed by atoms with Gasteiger partial charge in [-0.2, -0.15) is 0 Å². The Morgan fingerprint density at radius 1 is 1.52 bits per heavy atom. The van der Waals surface area contributed by atoms with Gasteiger partial charge in [0.25, 0.3) is 0 Å². The molecular weight excluding hydrogens is 292 g/mol. The predicted octanol–water partition coefficient (Wildman–Crippen LogP) is 1.41. The van der Waals surface area contributed by atoms with Gasteiger partial charge in [-0.1, -0.05) is 12.1 Å². The van der Waals surface area contributed by atoms with E-state index in [1.807, 2.05) is 24.3 Å². The van der Waals surface area contributed by atoms with Crippen LogP contribution in [-0.2, 0) is 11.2 Å². The Kier molecular flexibility index (Phi) is 5.32. The summed E-state index contributed by atoms with van der Waals surface area (Å²) in [6.45, 7) is 0.458. The van der Waals surface area contributed by atoms with Gasteiger partial charge in [0.1, 0.15) is 11.8 Å². The maximum atomic E-state index is 12.0. The van der Waals surface area contributed by atoms with E-state index in [4.69, 9.17) is 9.84 Å². The zero-order chi connectivity index (χ0) is 15.2. The molecule has 0 spiro atoms. The minimum absolute atomic E-state index is 0.324. The van der Waals surface area contributed by atoms with Crippen LogP contribution in [0.25, 0.3) is 0 Å². The number of carboxylic acid groups (broad SMARTS) is 1. The molecule has 2 N–H and O–H groups in total. The average molecular weight is 310 g/mol. The van der Waals surface area contributed by atoms with Gasteiger partial charge in [-0.05, 0) is 24.1 Å². The lowest BCUT2D eigenvalue weighted by Gasteiger charge is -2.20. The first-order valence-electron chi connectivity index (χ1n) is 6.60. The highest BCUT2D eigenvalue weighted by atomic mass is 32.2. The summed E-state index contributed by atoms with van der Waals surface area (Å²) in [5.41, 5.74) is 1.06. The summed E-state index contributed by atoms with van der Waals surface area (Å²) in [7, 11) is 1.61. The topological polar surface area (TPSA) is 78.9 Å². The zero-order valence-electron chi connectivity index (χ0n) is 11.7. The van der Waals surface area contributed by atoms with Crippen LogP contribution in [0.2, 0.25) is 0 Å². The van der Waals surface area contributed by atoms with Crippen molar-refractivity contribution in [2.24, 2.45) is 0 Å². The highest BCUT2D eigenvalue weighted by Gasteiger charge is 2.34. The lowest BCUT2D eigenvalue weighted by Crippen LogP contribution is -2.47. The van der Waals surface area contributed by atoms with Crippen molar-refractivity contribution >= 4 is 23.8 Å². The smallest absolute Gasteiger partial charge is 0.327 e. The maximum Gasteiger partial charge on any atom is 0.327 e. The summed E-state index contributed by atoms with van der Waals surface area (Å²) in [4.78, 5) is 24.4. The van der Waals surface area contributed by atoms with Crippen LogP contribution in [0.15, 0.2) is 24.3 Å². The number of carboxylic acids is 1. The largest absolute Gasteiger partial charge is 0.497 e. The summed E-state index contributed by atoms with van der Waals surface area (Å²) in [5, 5.41) is 11.8. The van der Waals surface area contributed by atoms with Crippen LogP contribution in [0.4, 0.5) is 4.79 Å². The van der Waals surface area contributed by atoms with E-state index in [0.29, 0.717) is 24.6 Å². The highest BCUT2D eigenvalue weighted by Crippen LogP contribution is 2.20. The van der Waals surface area contributed by atoms with Crippen molar-refractivity contribution in [1.82, 2.24) is 10.2 Å². The van der Waals surface area contributed by atoms with Crippen LogP contribution in [0.3, 0.4) is 0 Å². The minimum atomic E-state index is -0.956. The first-order chi connectivity index (χ1) is 10.1. The Bertz CT molecular complexity index is 523. The Labute approximate surface area is 127 Å². The summed E-state index contributed by atoms with van der Waals surface area (Å²) in [5.74, 6) is 0.685. The van der Waals surface area contributed by atoms with E-state index in [2.05, 4.69) is 5.32 Å². The second-order valence-corrected chi connectivity index (χ2v) is 5.66. The van der Waals surface area contributed by atoms with E-state index in [-0.39, 0.29) is 6.03 Å². The number of benzene rings is 1. The zero-order valence-corrected chi connectivity index (χ0v) is 12.6. The van der Waals surface area contributed by atoms with Gasteiger partial charge in [0.05, 0.1) is 13.0 Å². The summed E-state index contributed by atoms with van der Waals surface area (Å²) in [6, 6.07) is 6.58. The molecule has 0 radical (unpaired) electrons. The van der Waals surface area contributed by atoms with Crippen LogP contribution < -0.4 is 10.1 Å². The van der Waals surface area contributed by atoms with Gasteiger partial charge >= 0.3 is 12.0 Å². The lowest BCUT2D eigenvalue weighted by atomic mass is 10.1. The minimum Gasteiger partial charge on any atom is -0.497 e. The molecule has 1 aliphatic rings. The molecule has 1 fully saturated rings. The second kappa shape index (κ2) is 7.21. The summed E-state index contributed by atoms with van der Waals surface area (Å²) >= 11 is 1.45. The molecule has 21 heavy (non-hydrogen) atoms. The lowest BCUT2D eigenvalue weighted by molar-refractivity contribution is -0.140. The van der Waals surface area contributed by atoms with Gasteiger partial charge in [-0.3, -0.25) is 0 Å². The third kappa shape index (κ3) is 4.04. The Balaban J connectivity index is 1.82. The van der Waals surface area contributed by atoms with Crippen molar-refractivity contribution in [1.29, 1.82) is 0 Å². The van der Waals surface area contributed by atoms with E-state index in [1.165, 1.54) is 16.7 Å². The first kappa shape index (κ1) is 15.5. The molecule has 6 nitrogen and oxygen atoms in total. The van der Waals surface area contributed by atoms with Crippen molar-refractivity contribution < 1.29 is 19.4 Å². The number of hydrogen-bond donors (Lipinski definition) is 2. The van der Waals surface area contributed by atoms with Crippen molar-refractivity contribution in [3.05, 3.63) is 29.8 Å². The van der Waals surface area contributed by atoms with E-state index in [1.54, 1.807) is 7.11 Å². The molecule has 0 aliphatic carbocycles. The van der Waals surface area contributed by atoms with Gasteiger partial charge < -0.3 is 20.1 Å². The molecule has 114 valence electrons. The molecule has 2 amide bonds. The quantitative estimate of drug-likeness (QED) is 0.859. The molecule has 0 unspecified atom stereocenters. The number of hydrogen-bond acceptors (Lipinski definition) is 4. The number of carbonyl (C=O) groups is 2. The van der Waals surface area contributed by atoms with Crippen LogP contribution >= 0.6 is 11.8 Å². The normalized spacial score (nSPS) is 17.6. The van der Waals surface area contributed by atoms with Crippen LogP contribution in [0, 0.1) is 0 Å². The van der Waals surface area contributed by atoms with Crippen LogP contribution in [0.5, 0.6) is 5.75 Å². The third-order valence-corrected chi connectivity index (χ3v) is 4.26. The number of carbonyl (C=O) groups excluding carboxylic acids is 1. The SMILES string of the molecule is COc1cccc(CCNC(=O)N2CSC[C@H]2C(=O)O)c1. The van der Waals surface area contributed by atoms with E-state index < -0.39 is 12.0 Å². The molecule has 1 saturated heterocycles. The Morgan fingerprint density at radius 2 is 2.33 bits per heavy atom. The van der Waals surface area contributed by atoms with Crippen molar-refractivity contribution in [2.45, 2.75) is 12.5 Å². The molecule has 1 atom stereocenters. The number of amides is 2. The van der Waals surface area contributed by atoms with Gasteiger partial charge in [-0.25, -0.2) is 9.59 Å². The molecule has 1 aliphatic heterocycles. The fraction of sp³-hybridized carbons (Fsp3) is 0.429. The van der Waals surface area contributed by atoms with Crippen molar-refractivity contribution in [3.63, 3.8) is 0 Å². The van der Waals surface area contributed by atoms with Gasteiger partial charge in [0.15, 0.2) is 0 Å². The molecule has 1 aromatic rings.